The van der Waals surface area contributed by atoms with E-state index in [1.807, 2.05) is 24.4 Å². The number of hydrogen-bond acceptors (Lipinski definition) is 2. The number of pyridine rings is 1. The first-order valence-corrected chi connectivity index (χ1v) is 5.15. The van der Waals surface area contributed by atoms with E-state index in [4.69, 9.17) is 0 Å². The molecule has 0 aliphatic heterocycles. The Hall–Kier alpha value is -1.70. The number of rotatable bonds is 2. The summed E-state index contributed by atoms with van der Waals surface area (Å²) in [4.78, 5) is 15.2. The first kappa shape index (κ1) is 8.60. The highest BCUT2D eigenvalue weighted by Gasteiger charge is 2.45. The Morgan fingerprint density at radius 1 is 1.27 bits per heavy atom. The van der Waals surface area contributed by atoms with Gasteiger partial charge in [0.25, 0.3) is 0 Å². The van der Waals surface area contributed by atoms with E-state index in [2.05, 4.69) is 11.1 Å². The molecule has 3 rings (SSSR count). The van der Waals surface area contributed by atoms with Gasteiger partial charge in [-0.1, -0.05) is 18.2 Å². The van der Waals surface area contributed by atoms with E-state index in [1.54, 1.807) is 6.20 Å². The topological polar surface area (TPSA) is 30.0 Å². The van der Waals surface area contributed by atoms with Crippen molar-refractivity contribution in [1.29, 1.82) is 0 Å². The van der Waals surface area contributed by atoms with Gasteiger partial charge >= 0.3 is 0 Å². The molecule has 1 heterocycles. The third kappa shape index (κ3) is 1.18. The first-order chi connectivity index (χ1) is 7.36. The van der Waals surface area contributed by atoms with Crippen molar-refractivity contribution < 1.29 is 4.79 Å². The molecule has 1 aromatic heterocycles. The molecule has 0 unspecified atom stereocenters. The van der Waals surface area contributed by atoms with Crippen molar-refractivity contribution in [2.75, 3.05) is 0 Å². The summed E-state index contributed by atoms with van der Waals surface area (Å²) in [7, 11) is 0. The number of fused-ring (bicyclic) bond motifs is 1. The Morgan fingerprint density at radius 2 is 2.13 bits per heavy atom. The number of hydrogen-bond donors (Lipinski definition) is 0. The smallest absolute Gasteiger partial charge is 0.130 e. The minimum atomic E-state index is -0.194. The summed E-state index contributed by atoms with van der Waals surface area (Å²) in [6, 6.07) is 8.09. The monoisotopic (exact) mass is 197 g/mol. The quantitative estimate of drug-likeness (QED) is 0.692. The summed E-state index contributed by atoms with van der Waals surface area (Å²) in [6.45, 7) is 0. The van der Waals surface area contributed by atoms with Gasteiger partial charge in [0.15, 0.2) is 0 Å². The fourth-order valence-corrected chi connectivity index (χ4v) is 2.14. The van der Waals surface area contributed by atoms with Crippen LogP contribution in [0.25, 0.3) is 10.8 Å². The lowest BCUT2D eigenvalue weighted by Gasteiger charge is -2.10. The molecule has 1 aliphatic rings. The van der Waals surface area contributed by atoms with Gasteiger partial charge in [0.1, 0.15) is 6.29 Å². The van der Waals surface area contributed by atoms with Crippen molar-refractivity contribution in [2.24, 2.45) is 0 Å². The standard InChI is InChI=1S/C13H11NO/c15-9-13(5-6-13)12-3-1-2-10-8-14-7-4-11(10)12/h1-4,7-9H,5-6H2. The molecule has 0 amide bonds. The van der Waals surface area contributed by atoms with Crippen LogP contribution in [0.15, 0.2) is 36.7 Å². The average molecular weight is 197 g/mol. The molecule has 2 aromatic rings. The molecule has 15 heavy (non-hydrogen) atoms. The van der Waals surface area contributed by atoms with E-state index >= 15 is 0 Å². The summed E-state index contributed by atoms with van der Waals surface area (Å²) in [5.74, 6) is 0. The average Bonchev–Trinajstić information content (AvgIpc) is 3.09. The molecule has 2 heteroatoms. The van der Waals surface area contributed by atoms with Crippen LogP contribution in [0.3, 0.4) is 0 Å². The Balaban J connectivity index is 2.31. The predicted molar refractivity (Wildman–Crippen MR) is 58.7 cm³/mol. The number of benzene rings is 1. The molecule has 0 atom stereocenters. The Morgan fingerprint density at radius 3 is 2.87 bits per heavy atom. The second-order valence-electron chi connectivity index (χ2n) is 4.18. The van der Waals surface area contributed by atoms with Crippen LogP contribution in [-0.2, 0) is 10.2 Å². The van der Waals surface area contributed by atoms with Gasteiger partial charge in [-0.25, -0.2) is 0 Å². The van der Waals surface area contributed by atoms with Crippen molar-refractivity contribution in [1.82, 2.24) is 4.98 Å². The van der Waals surface area contributed by atoms with Gasteiger partial charge in [-0.3, -0.25) is 4.98 Å². The van der Waals surface area contributed by atoms with E-state index in [0.717, 1.165) is 35.5 Å². The maximum Gasteiger partial charge on any atom is 0.130 e. The molecule has 1 aliphatic carbocycles. The summed E-state index contributed by atoms with van der Waals surface area (Å²) in [5.41, 5.74) is 0.971. The molecule has 0 radical (unpaired) electrons. The summed E-state index contributed by atoms with van der Waals surface area (Å²) < 4.78 is 0. The van der Waals surface area contributed by atoms with Gasteiger partial charge in [0.2, 0.25) is 0 Å². The lowest BCUT2D eigenvalue weighted by atomic mass is 9.93. The van der Waals surface area contributed by atoms with Crippen molar-refractivity contribution in [3.63, 3.8) is 0 Å². The van der Waals surface area contributed by atoms with Gasteiger partial charge < -0.3 is 4.79 Å². The van der Waals surface area contributed by atoms with Gasteiger partial charge in [0, 0.05) is 17.8 Å². The summed E-state index contributed by atoms with van der Waals surface area (Å²) in [5, 5.41) is 2.28. The van der Waals surface area contributed by atoms with Crippen LogP contribution < -0.4 is 0 Å². The van der Waals surface area contributed by atoms with Crippen LogP contribution in [0.2, 0.25) is 0 Å². The molecule has 0 spiro atoms. The molecule has 0 bridgehead atoms. The van der Waals surface area contributed by atoms with E-state index in [9.17, 15) is 4.79 Å². The second-order valence-corrected chi connectivity index (χ2v) is 4.18. The lowest BCUT2D eigenvalue weighted by Crippen LogP contribution is -2.08. The molecule has 1 aromatic carbocycles. The van der Waals surface area contributed by atoms with Crippen molar-refractivity contribution in [3.05, 3.63) is 42.2 Å². The van der Waals surface area contributed by atoms with Gasteiger partial charge in [-0.2, -0.15) is 0 Å². The van der Waals surface area contributed by atoms with Gasteiger partial charge in [-0.15, -0.1) is 0 Å². The van der Waals surface area contributed by atoms with Crippen molar-refractivity contribution in [3.8, 4) is 0 Å². The molecule has 2 nitrogen and oxygen atoms in total. The molecular weight excluding hydrogens is 186 g/mol. The molecule has 1 fully saturated rings. The van der Waals surface area contributed by atoms with Crippen LogP contribution in [0.1, 0.15) is 18.4 Å². The molecular formula is C13H11NO. The predicted octanol–water partition coefficient (Wildman–Crippen LogP) is 2.47. The SMILES string of the molecule is O=CC1(c2cccc3cnccc23)CC1. The number of carbonyl (C=O) groups is 1. The van der Waals surface area contributed by atoms with Crippen molar-refractivity contribution >= 4 is 17.1 Å². The van der Waals surface area contributed by atoms with Crippen LogP contribution in [0, 0.1) is 0 Å². The highest BCUT2D eigenvalue weighted by molar-refractivity contribution is 5.90. The van der Waals surface area contributed by atoms with Gasteiger partial charge in [-0.05, 0) is 29.9 Å². The Kier molecular flexibility index (Phi) is 1.66. The van der Waals surface area contributed by atoms with Crippen LogP contribution >= 0.6 is 0 Å². The zero-order chi connectivity index (χ0) is 10.3. The third-order valence-electron chi connectivity index (χ3n) is 3.23. The van der Waals surface area contributed by atoms with Gasteiger partial charge in [0.05, 0.1) is 5.41 Å². The normalized spacial score (nSPS) is 17.6. The number of aromatic nitrogens is 1. The van der Waals surface area contributed by atoms with Crippen LogP contribution in [0.4, 0.5) is 0 Å². The minimum Gasteiger partial charge on any atom is -0.302 e. The maximum absolute atomic E-state index is 11.1. The van der Waals surface area contributed by atoms with Crippen molar-refractivity contribution in [2.45, 2.75) is 18.3 Å². The maximum atomic E-state index is 11.1. The third-order valence-corrected chi connectivity index (χ3v) is 3.23. The fraction of sp³-hybridized carbons (Fsp3) is 0.231. The largest absolute Gasteiger partial charge is 0.302 e. The summed E-state index contributed by atoms with van der Waals surface area (Å²) in [6.07, 6.45) is 6.70. The molecule has 74 valence electrons. The zero-order valence-electron chi connectivity index (χ0n) is 8.31. The Bertz CT molecular complexity index is 524. The van der Waals surface area contributed by atoms with E-state index in [1.165, 1.54) is 0 Å². The lowest BCUT2D eigenvalue weighted by molar-refractivity contribution is -0.109. The Labute approximate surface area is 87.9 Å². The molecule has 0 saturated heterocycles. The van der Waals surface area contributed by atoms with Crippen LogP contribution in [-0.4, -0.2) is 11.3 Å². The van der Waals surface area contributed by atoms with Crippen LogP contribution in [0.5, 0.6) is 0 Å². The first-order valence-electron chi connectivity index (χ1n) is 5.15. The van der Waals surface area contributed by atoms with E-state index in [0.29, 0.717) is 0 Å². The summed E-state index contributed by atoms with van der Waals surface area (Å²) >= 11 is 0. The number of nitrogens with zero attached hydrogens (tertiary/aromatic N) is 1. The number of aldehydes is 1. The zero-order valence-corrected chi connectivity index (χ0v) is 8.31. The molecule has 0 N–H and O–H groups in total. The number of carbonyl (C=O) groups excluding carboxylic acids is 1. The minimum absolute atomic E-state index is 0.194. The van der Waals surface area contributed by atoms with E-state index in [-0.39, 0.29) is 5.41 Å². The highest BCUT2D eigenvalue weighted by atomic mass is 16.1. The second kappa shape index (κ2) is 2.89. The fourth-order valence-electron chi connectivity index (χ4n) is 2.14. The highest BCUT2D eigenvalue weighted by Crippen LogP contribution is 2.48. The van der Waals surface area contributed by atoms with E-state index < -0.39 is 0 Å². The molecule has 1 saturated carbocycles.